The Morgan fingerprint density at radius 2 is 2.00 bits per heavy atom. The summed E-state index contributed by atoms with van der Waals surface area (Å²) in [5.41, 5.74) is 4.23. The number of nitrogens with zero attached hydrogens (tertiary/aromatic N) is 1. The van der Waals surface area contributed by atoms with Gasteiger partial charge in [-0.1, -0.05) is 57.9 Å². The van der Waals surface area contributed by atoms with E-state index in [0.717, 1.165) is 25.8 Å². The molecule has 23 heavy (non-hydrogen) atoms. The van der Waals surface area contributed by atoms with E-state index in [-0.39, 0.29) is 5.91 Å². The van der Waals surface area contributed by atoms with Crippen molar-refractivity contribution in [2.45, 2.75) is 6.92 Å². The van der Waals surface area contributed by atoms with Gasteiger partial charge in [0.05, 0.1) is 10.7 Å². The van der Waals surface area contributed by atoms with Crippen LogP contribution in [0.4, 0.5) is 0 Å². The molecular weight excluding hydrogens is 396 g/mol. The third-order valence-electron chi connectivity index (χ3n) is 3.31. The lowest BCUT2D eigenvalue weighted by Gasteiger charge is -2.03. The van der Waals surface area contributed by atoms with E-state index >= 15 is 0 Å². The van der Waals surface area contributed by atoms with Crippen LogP contribution >= 0.6 is 38.9 Å². The van der Waals surface area contributed by atoms with E-state index in [9.17, 15) is 4.79 Å². The van der Waals surface area contributed by atoms with Gasteiger partial charge in [0.1, 0.15) is 4.88 Å². The maximum atomic E-state index is 12.3. The van der Waals surface area contributed by atoms with Crippen LogP contribution in [0.3, 0.4) is 0 Å². The number of hydrazone groups is 1. The first-order valence-corrected chi connectivity index (χ1v) is 8.82. The Labute approximate surface area is 151 Å². The van der Waals surface area contributed by atoms with Crippen molar-refractivity contribution in [2.75, 3.05) is 0 Å². The molecule has 0 aliphatic carbocycles. The van der Waals surface area contributed by atoms with Crippen molar-refractivity contribution in [1.29, 1.82) is 0 Å². The van der Waals surface area contributed by atoms with E-state index in [1.807, 2.05) is 55.5 Å². The number of halogens is 2. The standard InChI is InChI=1S/C17H12BrClN2OS/c1-10(11-5-4-6-12(18)9-11)20-21-17(22)16-15(19)13-7-2-3-8-14(13)23-16/h2-9H,1H3,(H,21,22)/b20-10+. The predicted octanol–water partition coefficient (Wildman–Crippen LogP) is 5.47. The highest BCUT2D eigenvalue weighted by atomic mass is 79.9. The van der Waals surface area contributed by atoms with Gasteiger partial charge in [-0.3, -0.25) is 4.79 Å². The Morgan fingerprint density at radius 3 is 2.74 bits per heavy atom. The fourth-order valence-corrected chi connectivity index (χ4v) is 3.93. The van der Waals surface area contributed by atoms with Gasteiger partial charge in [0.15, 0.2) is 0 Å². The third kappa shape index (κ3) is 3.47. The molecule has 3 nitrogen and oxygen atoms in total. The molecule has 3 aromatic rings. The first kappa shape index (κ1) is 16.2. The quantitative estimate of drug-likeness (QED) is 0.454. The summed E-state index contributed by atoms with van der Waals surface area (Å²) < 4.78 is 1.94. The molecule has 0 fully saturated rings. The summed E-state index contributed by atoms with van der Waals surface area (Å²) in [4.78, 5) is 12.8. The Morgan fingerprint density at radius 1 is 1.22 bits per heavy atom. The maximum Gasteiger partial charge on any atom is 0.283 e. The van der Waals surface area contributed by atoms with Gasteiger partial charge >= 0.3 is 0 Å². The van der Waals surface area contributed by atoms with Crippen LogP contribution in [0.2, 0.25) is 5.02 Å². The molecule has 0 radical (unpaired) electrons. The molecule has 0 spiro atoms. The molecule has 1 heterocycles. The summed E-state index contributed by atoms with van der Waals surface area (Å²) in [5.74, 6) is -0.300. The Balaban J connectivity index is 1.83. The van der Waals surface area contributed by atoms with Crippen LogP contribution in [0.15, 0.2) is 58.1 Å². The number of benzene rings is 2. The Hall–Kier alpha value is -1.69. The van der Waals surface area contributed by atoms with Gasteiger partial charge in [-0.15, -0.1) is 11.3 Å². The molecular formula is C17H12BrClN2OS. The maximum absolute atomic E-state index is 12.3. The van der Waals surface area contributed by atoms with Gasteiger partial charge < -0.3 is 0 Å². The van der Waals surface area contributed by atoms with Gasteiger partial charge in [0.2, 0.25) is 0 Å². The lowest BCUT2D eigenvalue weighted by molar-refractivity contribution is 0.0959. The number of carbonyl (C=O) groups excluding carboxylic acids is 1. The van der Waals surface area contributed by atoms with Crippen LogP contribution in [0.1, 0.15) is 22.2 Å². The largest absolute Gasteiger partial charge is 0.283 e. The number of thiophene rings is 1. The number of carbonyl (C=O) groups is 1. The molecule has 3 rings (SSSR count). The van der Waals surface area contributed by atoms with Crippen molar-refractivity contribution in [2.24, 2.45) is 5.10 Å². The van der Waals surface area contributed by atoms with Crippen molar-refractivity contribution in [3.05, 3.63) is 68.5 Å². The minimum Gasteiger partial charge on any atom is -0.266 e. The highest BCUT2D eigenvalue weighted by Gasteiger charge is 2.16. The van der Waals surface area contributed by atoms with E-state index < -0.39 is 0 Å². The zero-order chi connectivity index (χ0) is 16.4. The molecule has 0 saturated heterocycles. The molecule has 0 atom stereocenters. The van der Waals surface area contributed by atoms with E-state index in [4.69, 9.17) is 11.6 Å². The second-order valence-electron chi connectivity index (χ2n) is 4.89. The monoisotopic (exact) mass is 406 g/mol. The predicted molar refractivity (Wildman–Crippen MR) is 101 cm³/mol. The van der Waals surface area contributed by atoms with Gasteiger partial charge in [-0.25, -0.2) is 5.43 Å². The normalized spacial score (nSPS) is 11.7. The van der Waals surface area contributed by atoms with Gasteiger partial charge in [-0.2, -0.15) is 5.10 Å². The molecule has 1 N–H and O–H groups in total. The smallest absolute Gasteiger partial charge is 0.266 e. The first-order valence-electron chi connectivity index (χ1n) is 6.84. The second kappa shape index (κ2) is 6.83. The molecule has 6 heteroatoms. The first-order chi connectivity index (χ1) is 11.1. The lowest BCUT2D eigenvalue weighted by atomic mass is 10.1. The van der Waals surface area contributed by atoms with Gasteiger partial charge in [0, 0.05) is 14.6 Å². The van der Waals surface area contributed by atoms with Crippen molar-refractivity contribution in [3.63, 3.8) is 0 Å². The average molecular weight is 408 g/mol. The number of amides is 1. The van der Waals surface area contributed by atoms with Crippen molar-refractivity contribution < 1.29 is 4.79 Å². The Bertz CT molecular complexity index is 920. The van der Waals surface area contributed by atoms with Crippen LogP contribution in [0, 0.1) is 0 Å². The van der Waals surface area contributed by atoms with E-state index in [1.165, 1.54) is 11.3 Å². The second-order valence-corrected chi connectivity index (χ2v) is 7.24. The highest BCUT2D eigenvalue weighted by molar-refractivity contribution is 9.10. The van der Waals surface area contributed by atoms with Crippen LogP contribution in [0.25, 0.3) is 10.1 Å². The average Bonchev–Trinajstić information content (AvgIpc) is 2.90. The minimum absolute atomic E-state index is 0.300. The Kier molecular flexibility index (Phi) is 4.80. The topological polar surface area (TPSA) is 41.5 Å². The molecule has 0 aliphatic heterocycles. The molecule has 0 saturated carbocycles. The SMILES string of the molecule is C/C(=N\NC(=O)c1sc2ccccc2c1Cl)c1cccc(Br)c1. The minimum atomic E-state index is -0.300. The van der Waals surface area contributed by atoms with Crippen LogP contribution < -0.4 is 5.43 Å². The number of hydrogen-bond donors (Lipinski definition) is 1. The third-order valence-corrected chi connectivity index (χ3v) is 5.48. The fraction of sp³-hybridized carbons (Fsp3) is 0.0588. The molecule has 0 aliphatic rings. The van der Waals surface area contributed by atoms with E-state index in [2.05, 4.69) is 26.5 Å². The lowest BCUT2D eigenvalue weighted by Crippen LogP contribution is -2.18. The summed E-state index contributed by atoms with van der Waals surface area (Å²) in [7, 11) is 0. The van der Waals surface area contributed by atoms with E-state index in [0.29, 0.717) is 9.90 Å². The fourth-order valence-electron chi connectivity index (χ4n) is 2.12. The summed E-state index contributed by atoms with van der Waals surface area (Å²) in [6.07, 6.45) is 0. The van der Waals surface area contributed by atoms with Gasteiger partial charge in [0.25, 0.3) is 5.91 Å². The molecule has 0 unspecified atom stereocenters. The number of nitrogens with one attached hydrogen (secondary N) is 1. The summed E-state index contributed by atoms with van der Waals surface area (Å²) in [6, 6.07) is 15.4. The van der Waals surface area contributed by atoms with E-state index in [1.54, 1.807) is 0 Å². The number of rotatable bonds is 3. The summed E-state index contributed by atoms with van der Waals surface area (Å²) in [5, 5.41) is 5.52. The zero-order valence-electron chi connectivity index (χ0n) is 12.1. The molecule has 116 valence electrons. The van der Waals surface area contributed by atoms with Crippen LogP contribution in [0.5, 0.6) is 0 Å². The van der Waals surface area contributed by atoms with Crippen LogP contribution in [-0.4, -0.2) is 11.6 Å². The molecule has 1 amide bonds. The molecule has 2 aromatic carbocycles. The van der Waals surface area contributed by atoms with Crippen molar-refractivity contribution in [3.8, 4) is 0 Å². The van der Waals surface area contributed by atoms with Crippen LogP contribution in [-0.2, 0) is 0 Å². The highest BCUT2D eigenvalue weighted by Crippen LogP contribution is 2.34. The summed E-state index contributed by atoms with van der Waals surface area (Å²) in [6.45, 7) is 1.84. The van der Waals surface area contributed by atoms with Crippen molar-refractivity contribution >= 4 is 60.6 Å². The zero-order valence-corrected chi connectivity index (χ0v) is 15.3. The van der Waals surface area contributed by atoms with Gasteiger partial charge in [-0.05, 0) is 30.7 Å². The number of hydrogen-bond acceptors (Lipinski definition) is 3. The molecule has 0 bridgehead atoms. The van der Waals surface area contributed by atoms with Crippen molar-refractivity contribution in [1.82, 2.24) is 5.43 Å². The molecule has 1 aromatic heterocycles. The summed E-state index contributed by atoms with van der Waals surface area (Å²) >= 11 is 11.1. The number of fused-ring (bicyclic) bond motifs is 1.